The van der Waals surface area contributed by atoms with Crippen molar-refractivity contribution in [1.29, 1.82) is 0 Å². The van der Waals surface area contributed by atoms with Crippen LogP contribution in [0.3, 0.4) is 0 Å². The van der Waals surface area contributed by atoms with Gasteiger partial charge < -0.3 is 5.32 Å². The van der Waals surface area contributed by atoms with Crippen LogP contribution in [-0.4, -0.2) is 48.0 Å². The van der Waals surface area contributed by atoms with Crippen molar-refractivity contribution in [1.82, 2.24) is 10.4 Å². The minimum Gasteiger partial charge on any atom is -0.338 e. The number of ketones is 1. The highest BCUT2D eigenvalue weighted by atomic mass is 35.5. The average Bonchev–Trinajstić information content (AvgIpc) is 3.13. The van der Waals surface area contributed by atoms with E-state index in [-0.39, 0.29) is 17.7 Å². The van der Waals surface area contributed by atoms with Gasteiger partial charge in [0.1, 0.15) is 12.6 Å². The van der Waals surface area contributed by atoms with E-state index in [1.54, 1.807) is 6.92 Å². The Labute approximate surface area is 207 Å². The van der Waals surface area contributed by atoms with Crippen LogP contribution >= 0.6 is 23.2 Å². The van der Waals surface area contributed by atoms with Crippen molar-refractivity contribution in [3.8, 4) is 0 Å². The Morgan fingerprint density at radius 1 is 1.17 bits per heavy atom. The molecule has 1 N–H and O–H groups in total. The molecule has 1 aliphatic rings. The third-order valence-electron chi connectivity index (χ3n) is 5.16. The Hall–Kier alpha value is -2.95. The van der Waals surface area contributed by atoms with Gasteiger partial charge in [-0.2, -0.15) is 13.2 Å². The number of carbonyl (C=O) groups is 3. The van der Waals surface area contributed by atoms with Gasteiger partial charge in [0, 0.05) is 17.7 Å². The summed E-state index contributed by atoms with van der Waals surface area (Å²) in [4.78, 5) is 42.5. The number of rotatable bonds is 6. The largest absolute Gasteiger partial charge is 0.417 e. The summed E-state index contributed by atoms with van der Waals surface area (Å²) in [5, 5.41) is 2.39. The van der Waals surface area contributed by atoms with Crippen LogP contribution in [-0.2, 0) is 9.63 Å². The molecule has 2 aromatic rings. The highest BCUT2D eigenvalue weighted by Gasteiger charge is 2.36. The van der Waals surface area contributed by atoms with Gasteiger partial charge in [-0.1, -0.05) is 29.3 Å². The first kappa shape index (κ1) is 26.7. The molecule has 0 radical (unpaired) electrons. The van der Waals surface area contributed by atoms with E-state index in [1.165, 1.54) is 25.1 Å². The van der Waals surface area contributed by atoms with Crippen molar-refractivity contribution in [2.45, 2.75) is 26.1 Å². The number of carbonyl (C=O) groups excluding carboxylic acids is 3. The quantitative estimate of drug-likeness (QED) is 0.241. The van der Waals surface area contributed by atoms with E-state index in [2.05, 4.69) is 5.32 Å². The van der Waals surface area contributed by atoms with Gasteiger partial charge in [0.15, 0.2) is 11.6 Å². The Bertz CT molecular complexity index is 1210. The number of allylic oxidation sites excluding steroid dienone is 2. The molecule has 0 aliphatic carbocycles. The van der Waals surface area contributed by atoms with E-state index in [4.69, 9.17) is 28.0 Å². The van der Waals surface area contributed by atoms with E-state index in [1.807, 2.05) is 0 Å². The number of hydrogen-bond acceptors (Lipinski definition) is 4. The van der Waals surface area contributed by atoms with Crippen molar-refractivity contribution < 1.29 is 36.8 Å². The van der Waals surface area contributed by atoms with Crippen LogP contribution < -0.4 is 5.32 Å². The van der Waals surface area contributed by atoms with Crippen LogP contribution in [0.4, 0.5) is 17.6 Å². The molecule has 0 spiro atoms. The minimum absolute atomic E-state index is 0.0313. The number of alkyl halides is 3. The summed E-state index contributed by atoms with van der Waals surface area (Å²) in [7, 11) is 0. The molecule has 6 nitrogen and oxygen atoms in total. The van der Waals surface area contributed by atoms with Gasteiger partial charge in [-0.25, -0.2) is 9.45 Å². The molecule has 2 amide bonds. The maximum Gasteiger partial charge on any atom is 0.417 e. The number of hydroxylamine groups is 2. The highest BCUT2D eigenvalue weighted by molar-refractivity contribution is 6.35. The van der Waals surface area contributed by atoms with Gasteiger partial charge in [0.25, 0.3) is 11.8 Å². The maximum atomic E-state index is 13.7. The van der Waals surface area contributed by atoms with Crippen LogP contribution in [0, 0.1) is 12.7 Å². The fourth-order valence-electron chi connectivity index (χ4n) is 3.39. The molecule has 2 aromatic carbocycles. The number of likely N-dealkylation sites (N-methyl/N-ethyl adjacent to an activating group) is 1. The lowest BCUT2D eigenvalue weighted by molar-refractivity contribution is -0.160. The fraction of sp³-hybridized carbons (Fsp3) is 0.261. The second-order valence-electron chi connectivity index (χ2n) is 7.56. The third kappa shape index (κ3) is 5.83. The van der Waals surface area contributed by atoms with Crippen LogP contribution in [0.2, 0.25) is 10.0 Å². The van der Waals surface area contributed by atoms with E-state index < -0.39 is 56.8 Å². The molecule has 1 atom stereocenters. The lowest BCUT2D eigenvalue weighted by atomic mass is 9.98. The first-order valence-corrected chi connectivity index (χ1v) is 10.9. The summed E-state index contributed by atoms with van der Waals surface area (Å²) in [6.45, 7) is 3.48. The predicted molar refractivity (Wildman–Crippen MR) is 121 cm³/mol. The number of nitrogens with zero attached hydrogens (tertiary/aromatic N) is 1. The standard InChI is InChI=1S/C23H18Cl2F4N2O4/c1-3-31-22(34)18(10-35-31)30-21(33)14-5-4-12(6-11(14)2)19(32)9-15(23(27,28)29)13-7-16(24)20(26)17(25)8-13/h4-9,18H,3,10H2,1-2H3,(H,30,33)/b15-9+/t18-/m1/s1. The number of hydrogen-bond donors (Lipinski definition) is 1. The molecule has 0 aromatic heterocycles. The fourth-order valence-corrected chi connectivity index (χ4v) is 3.87. The molecule has 12 heteroatoms. The van der Waals surface area contributed by atoms with Gasteiger partial charge in [-0.3, -0.25) is 19.2 Å². The van der Waals surface area contributed by atoms with Gasteiger partial charge in [0.05, 0.1) is 15.6 Å². The molecule has 0 bridgehead atoms. The molecular weight excluding hydrogens is 515 g/mol. The van der Waals surface area contributed by atoms with Crippen molar-refractivity contribution in [2.24, 2.45) is 0 Å². The zero-order chi connectivity index (χ0) is 26.1. The van der Waals surface area contributed by atoms with Crippen LogP contribution in [0.15, 0.2) is 36.4 Å². The number of halogens is 6. The summed E-state index contributed by atoms with van der Waals surface area (Å²) < 4.78 is 54.7. The van der Waals surface area contributed by atoms with E-state index in [0.29, 0.717) is 18.2 Å². The number of benzene rings is 2. The molecule has 35 heavy (non-hydrogen) atoms. The monoisotopic (exact) mass is 532 g/mol. The third-order valence-corrected chi connectivity index (χ3v) is 5.71. The zero-order valence-electron chi connectivity index (χ0n) is 18.3. The predicted octanol–water partition coefficient (Wildman–Crippen LogP) is 5.16. The second-order valence-corrected chi connectivity index (χ2v) is 8.37. The number of aryl methyl sites for hydroxylation is 1. The lowest BCUT2D eigenvalue weighted by Gasteiger charge is -2.14. The first-order valence-electron chi connectivity index (χ1n) is 10.2. The molecule has 0 saturated carbocycles. The minimum atomic E-state index is -4.97. The normalized spacial score (nSPS) is 16.6. The lowest BCUT2D eigenvalue weighted by Crippen LogP contribution is -2.42. The van der Waals surface area contributed by atoms with E-state index in [0.717, 1.165) is 17.2 Å². The topological polar surface area (TPSA) is 75.7 Å². The van der Waals surface area contributed by atoms with E-state index >= 15 is 0 Å². The SMILES string of the molecule is CCN1OC[C@@H](NC(=O)c2ccc(C(=O)/C=C(\c3cc(Cl)c(F)c(Cl)c3)C(F)(F)F)cc2C)C1=O. The Morgan fingerprint density at radius 3 is 2.31 bits per heavy atom. The van der Waals surface area contributed by atoms with Crippen molar-refractivity contribution in [3.63, 3.8) is 0 Å². The smallest absolute Gasteiger partial charge is 0.338 e. The van der Waals surface area contributed by atoms with Gasteiger partial charge in [0.2, 0.25) is 0 Å². The van der Waals surface area contributed by atoms with Crippen molar-refractivity contribution in [3.05, 3.63) is 74.5 Å². The molecular formula is C23H18Cl2F4N2O4. The van der Waals surface area contributed by atoms with Crippen LogP contribution in [0.25, 0.3) is 5.57 Å². The first-order chi connectivity index (χ1) is 16.3. The summed E-state index contributed by atoms with van der Waals surface area (Å²) in [5.41, 5.74) is -1.66. The number of nitrogens with one attached hydrogen (secondary N) is 1. The molecule has 1 saturated heterocycles. The molecule has 0 unspecified atom stereocenters. The second kappa shape index (κ2) is 10.3. The van der Waals surface area contributed by atoms with Gasteiger partial charge >= 0.3 is 6.18 Å². The summed E-state index contributed by atoms with van der Waals surface area (Å²) in [5.74, 6) is -3.11. The van der Waals surface area contributed by atoms with Gasteiger partial charge in [-0.15, -0.1) is 0 Å². The molecule has 186 valence electrons. The summed E-state index contributed by atoms with van der Waals surface area (Å²) in [6.07, 6.45) is -4.63. The highest BCUT2D eigenvalue weighted by Crippen LogP contribution is 2.37. The summed E-state index contributed by atoms with van der Waals surface area (Å²) in [6, 6.07) is 4.27. The van der Waals surface area contributed by atoms with Crippen molar-refractivity contribution in [2.75, 3.05) is 13.2 Å². The Kier molecular flexibility index (Phi) is 7.88. The maximum absolute atomic E-state index is 13.7. The Balaban J connectivity index is 1.87. The molecule has 1 heterocycles. The number of amides is 2. The Morgan fingerprint density at radius 2 is 1.80 bits per heavy atom. The zero-order valence-corrected chi connectivity index (χ0v) is 19.8. The molecule has 1 fully saturated rings. The van der Waals surface area contributed by atoms with Crippen molar-refractivity contribution >= 4 is 46.4 Å². The van der Waals surface area contributed by atoms with Gasteiger partial charge in [-0.05, 0) is 55.3 Å². The van der Waals surface area contributed by atoms with Crippen LogP contribution in [0.1, 0.15) is 38.8 Å². The average molecular weight is 533 g/mol. The van der Waals surface area contributed by atoms with Crippen LogP contribution in [0.5, 0.6) is 0 Å². The summed E-state index contributed by atoms with van der Waals surface area (Å²) >= 11 is 11.2. The molecule has 1 aliphatic heterocycles. The molecule has 3 rings (SSSR count). The van der Waals surface area contributed by atoms with E-state index in [9.17, 15) is 31.9 Å².